The molecule has 0 unspecified atom stereocenters. The summed E-state index contributed by atoms with van der Waals surface area (Å²) in [6.07, 6.45) is 1.58. The van der Waals surface area contributed by atoms with Crippen molar-refractivity contribution >= 4 is 78.4 Å². The van der Waals surface area contributed by atoms with Gasteiger partial charge in [0, 0.05) is 21.8 Å². The van der Waals surface area contributed by atoms with Crippen LogP contribution < -0.4 is 5.32 Å². The summed E-state index contributed by atoms with van der Waals surface area (Å²) >= 11 is 25.0. The molecule has 3 rings (SSSR count). The fourth-order valence-electron chi connectivity index (χ4n) is 2.03. The summed E-state index contributed by atoms with van der Waals surface area (Å²) < 4.78 is 2.60. The maximum atomic E-state index is 12.3. The summed E-state index contributed by atoms with van der Waals surface area (Å²) in [7, 11) is 0. The molecule has 0 saturated heterocycles. The highest BCUT2D eigenvalue weighted by Gasteiger charge is 2.19. The van der Waals surface area contributed by atoms with Crippen molar-refractivity contribution in [3.63, 3.8) is 0 Å². The normalized spacial score (nSPS) is 10.9. The third-order valence-electron chi connectivity index (χ3n) is 3.21. The van der Waals surface area contributed by atoms with E-state index in [1.54, 1.807) is 29.1 Å². The Bertz CT molecular complexity index is 936. The molecule has 0 atom stereocenters. The number of benzene rings is 1. The molecule has 2 N–H and O–H groups in total. The molecule has 25 heavy (non-hydrogen) atoms. The number of hydrogen-bond donors (Lipinski definition) is 2. The third-order valence-corrected chi connectivity index (χ3v) is 6.08. The summed E-state index contributed by atoms with van der Waals surface area (Å²) in [5.74, 6) is -0.252. The van der Waals surface area contributed by atoms with Gasteiger partial charge in [-0.1, -0.05) is 40.9 Å². The lowest BCUT2D eigenvalue weighted by Gasteiger charge is -2.06. The highest BCUT2D eigenvalue weighted by molar-refractivity contribution is 9.13. The number of anilines is 1. The van der Waals surface area contributed by atoms with E-state index >= 15 is 0 Å². The van der Waals surface area contributed by atoms with Gasteiger partial charge in [-0.3, -0.25) is 14.6 Å². The Hall–Kier alpha value is -1.06. The first-order valence-corrected chi connectivity index (χ1v) is 9.45. The van der Waals surface area contributed by atoms with Crippen LogP contribution in [0.15, 0.2) is 33.5 Å². The molecule has 6 nitrogen and oxygen atoms in total. The SMILES string of the molecule is O=C(Nc1nn(Cc2c(Cl)cccc2Cl)cc1Cl)c1n[nH]c(Br)c1Br. The van der Waals surface area contributed by atoms with E-state index in [0.717, 1.165) is 0 Å². The Morgan fingerprint density at radius 3 is 2.48 bits per heavy atom. The molecular weight excluding hydrogens is 520 g/mol. The van der Waals surface area contributed by atoms with Crippen molar-refractivity contribution in [2.24, 2.45) is 0 Å². The fourth-order valence-corrected chi connectivity index (χ4v) is 3.38. The molecular formula is C14H8Br2Cl3N5O. The third kappa shape index (κ3) is 4.03. The second-order valence-corrected chi connectivity index (χ2v) is 7.69. The monoisotopic (exact) mass is 525 g/mol. The molecule has 11 heteroatoms. The predicted octanol–water partition coefficient (Wildman–Crippen LogP) is 5.39. The molecule has 0 bridgehead atoms. The van der Waals surface area contributed by atoms with Gasteiger partial charge in [-0.05, 0) is 44.0 Å². The summed E-state index contributed by atoms with van der Waals surface area (Å²) in [6.45, 7) is 0.311. The minimum absolute atomic E-state index is 0.173. The molecule has 1 aromatic carbocycles. The molecule has 0 aliphatic carbocycles. The Morgan fingerprint density at radius 2 is 1.88 bits per heavy atom. The second-order valence-electron chi connectivity index (χ2n) is 4.88. The number of amides is 1. The summed E-state index contributed by atoms with van der Waals surface area (Å²) in [5.41, 5.74) is 0.883. The van der Waals surface area contributed by atoms with Gasteiger partial charge >= 0.3 is 0 Å². The highest BCUT2D eigenvalue weighted by atomic mass is 79.9. The molecule has 0 saturated carbocycles. The van der Waals surface area contributed by atoms with E-state index in [9.17, 15) is 4.79 Å². The van der Waals surface area contributed by atoms with Crippen LogP contribution in [0.3, 0.4) is 0 Å². The largest absolute Gasteiger partial charge is 0.302 e. The quantitative estimate of drug-likeness (QED) is 0.477. The molecule has 0 aliphatic heterocycles. The van der Waals surface area contributed by atoms with Crippen molar-refractivity contribution in [1.29, 1.82) is 0 Å². The lowest BCUT2D eigenvalue weighted by atomic mass is 10.2. The first kappa shape index (κ1) is 18.7. The lowest BCUT2D eigenvalue weighted by Crippen LogP contribution is -2.14. The maximum Gasteiger partial charge on any atom is 0.278 e. The van der Waals surface area contributed by atoms with E-state index in [0.29, 0.717) is 31.2 Å². The van der Waals surface area contributed by atoms with Gasteiger partial charge in [0.15, 0.2) is 11.5 Å². The minimum atomic E-state index is -0.461. The maximum absolute atomic E-state index is 12.3. The Morgan fingerprint density at radius 1 is 1.20 bits per heavy atom. The molecule has 2 heterocycles. The molecule has 1 amide bonds. The number of nitrogens with one attached hydrogen (secondary N) is 2. The summed E-state index contributed by atoms with van der Waals surface area (Å²) in [5, 5.41) is 14.7. The molecule has 130 valence electrons. The number of rotatable bonds is 4. The van der Waals surface area contributed by atoms with Crippen molar-refractivity contribution in [2.45, 2.75) is 6.54 Å². The van der Waals surface area contributed by atoms with Gasteiger partial charge in [-0.15, -0.1) is 0 Å². The zero-order valence-electron chi connectivity index (χ0n) is 12.2. The van der Waals surface area contributed by atoms with Crippen molar-refractivity contribution in [3.8, 4) is 0 Å². The van der Waals surface area contributed by atoms with Crippen molar-refractivity contribution in [1.82, 2.24) is 20.0 Å². The van der Waals surface area contributed by atoms with Crippen LogP contribution in [0.2, 0.25) is 15.1 Å². The molecule has 0 fully saturated rings. The van der Waals surface area contributed by atoms with Crippen LogP contribution in [0.4, 0.5) is 5.82 Å². The van der Waals surface area contributed by atoms with Gasteiger partial charge in [0.25, 0.3) is 5.91 Å². The van der Waals surface area contributed by atoms with Crippen LogP contribution in [-0.2, 0) is 6.54 Å². The van der Waals surface area contributed by atoms with Gasteiger partial charge < -0.3 is 5.32 Å². The number of carbonyl (C=O) groups excluding carboxylic acids is 1. The van der Waals surface area contributed by atoms with E-state index in [1.165, 1.54) is 0 Å². The first-order valence-electron chi connectivity index (χ1n) is 6.73. The van der Waals surface area contributed by atoms with Crippen LogP contribution in [0, 0.1) is 0 Å². The Balaban J connectivity index is 1.81. The number of hydrogen-bond acceptors (Lipinski definition) is 3. The lowest BCUT2D eigenvalue weighted by molar-refractivity contribution is 0.102. The van der Waals surface area contributed by atoms with Crippen LogP contribution in [0.1, 0.15) is 16.1 Å². The van der Waals surface area contributed by atoms with E-state index in [-0.39, 0.29) is 16.5 Å². The zero-order chi connectivity index (χ0) is 18.1. The summed E-state index contributed by atoms with van der Waals surface area (Å²) in [4.78, 5) is 12.3. The van der Waals surface area contributed by atoms with E-state index < -0.39 is 5.91 Å². The van der Waals surface area contributed by atoms with E-state index in [1.807, 2.05) is 0 Å². The zero-order valence-corrected chi connectivity index (χ0v) is 17.6. The van der Waals surface area contributed by atoms with Gasteiger partial charge in [-0.25, -0.2) is 0 Å². The number of halogens is 5. The van der Waals surface area contributed by atoms with Crippen molar-refractivity contribution in [2.75, 3.05) is 5.32 Å². The smallest absolute Gasteiger partial charge is 0.278 e. The molecule has 0 spiro atoms. The van der Waals surface area contributed by atoms with Gasteiger partial charge in [0.2, 0.25) is 0 Å². The topological polar surface area (TPSA) is 75.6 Å². The second kappa shape index (κ2) is 7.67. The standard InChI is InChI=1S/C14H8Br2Cl3N5O/c15-10-11(21-22-12(10)16)14(25)20-13-9(19)5-24(23-13)4-6-7(17)2-1-3-8(6)18/h1-3,5H,4H2,(H,21,22)(H,20,23,25). The van der Waals surface area contributed by atoms with E-state index in [4.69, 9.17) is 34.8 Å². The van der Waals surface area contributed by atoms with Crippen LogP contribution >= 0.6 is 66.7 Å². The van der Waals surface area contributed by atoms with Crippen molar-refractivity contribution in [3.05, 3.63) is 59.8 Å². The number of aromatic amines is 1. The van der Waals surface area contributed by atoms with Crippen molar-refractivity contribution < 1.29 is 4.79 Å². The number of carbonyl (C=O) groups is 1. The first-order chi connectivity index (χ1) is 11.9. The number of nitrogens with zero attached hydrogens (tertiary/aromatic N) is 3. The van der Waals surface area contributed by atoms with Crippen LogP contribution in [0.25, 0.3) is 0 Å². The van der Waals surface area contributed by atoms with Crippen LogP contribution in [-0.4, -0.2) is 25.9 Å². The molecule has 0 radical (unpaired) electrons. The fraction of sp³-hybridized carbons (Fsp3) is 0.0714. The van der Waals surface area contributed by atoms with E-state index in [2.05, 4.69) is 52.5 Å². The van der Waals surface area contributed by atoms with Gasteiger partial charge in [0.05, 0.1) is 11.0 Å². The Labute approximate surface area is 174 Å². The molecule has 2 aromatic heterocycles. The molecule has 3 aromatic rings. The van der Waals surface area contributed by atoms with Gasteiger partial charge in [0.1, 0.15) is 9.63 Å². The van der Waals surface area contributed by atoms with Gasteiger partial charge in [-0.2, -0.15) is 10.2 Å². The number of H-pyrrole nitrogens is 1. The minimum Gasteiger partial charge on any atom is -0.302 e. The average molecular weight is 528 g/mol. The highest BCUT2D eigenvalue weighted by Crippen LogP contribution is 2.28. The summed E-state index contributed by atoms with van der Waals surface area (Å²) in [6, 6.07) is 5.24. The Kier molecular flexibility index (Phi) is 5.75. The molecule has 0 aliphatic rings. The average Bonchev–Trinajstić information content (AvgIpc) is 3.07. The van der Waals surface area contributed by atoms with Crippen LogP contribution in [0.5, 0.6) is 0 Å². The number of aromatic nitrogens is 4. The predicted molar refractivity (Wildman–Crippen MR) is 105 cm³/mol.